The van der Waals surface area contributed by atoms with Crippen molar-refractivity contribution in [1.82, 2.24) is 4.90 Å². The minimum Gasteiger partial charge on any atom is -0.337 e. The van der Waals surface area contributed by atoms with Crippen LogP contribution in [0.4, 0.5) is 0 Å². The molecule has 2 fully saturated rings. The summed E-state index contributed by atoms with van der Waals surface area (Å²) >= 11 is 1.62. The first-order valence-electron chi connectivity index (χ1n) is 6.68. The van der Waals surface area contributed by atoms with Gasteiger partial charge >= 0.3 is 0 Å². The molecule has 19 heavy (non-hydrogen) atoms. The van der Waals surface area contributed by atoms with Gasteiger partial charge in [-0.15, -0.1) is 23.7 Å². The quantitative estimate of drug-likeness (QED) is 0.866. The molecule has 3 unspecified atom stereocenters. The fourth-order valence-electron chi connectivity index (χ4n) is 3.31. The Morgan fingerprint density at radius 3 is 2.68 bits per heavy atom. The molecule has 1 aromatic heterocycles. The summed E-state index contributed by atoms with van der Waals surface area (Å²) in [6.07, 6.45) is 2.33. The molecule has 1 aliphatic heterocycles. The van der Waals surface area contributed by atoms with Crippen molar-refractivity contribution in [1.29, 1.82) is 0 Å². The number of nitrogens with two attached hydrogens (primary N) is 1. The first kappa shape index (κ1) is 14.8. The molecule has 1 aromatic rings. The highest BCUT2D eigenvalue weighted by molar-refractivity contribution is 7.14. The van der Waals surface area contributed by atoms with Gasteiger partial charge in [0.2, 0.25) is 0 Å². The Bertz CT molecular complexity index is 468. The summed E-state index contributed by atoms with van der Waals surface area (Å²) in [7, 11) is 0. The van der Waals surface area contributed by atoms with E-state index in [4.69, 9.17) is 5.73 Å². The van der Waals surface area contributed by atoms with Gasteiger partial charge in [-0.3, -0.25) is 4.79 Å². The number of hydrogen-bond acceptors (Lipinski definition) is 3. The largest absolute Gasteiger partial charge is 0.337 e. The first-order chi connectivity index (χ1) is 8.56. The molecule has 1 amide bonds. The molecule has 3 nitrogen and oxygen atoms in total. The first-order valence-corrected chi connectivity index (χ1v) is 7.50. The van der Waals surface area contributed by atoms with Crippen LogP contribution in [0.15, 0.2) is 6.07 Å². The number of carbonyl (C=O) groups excluding carboxylic acids is 1. The maximum atomic E-state index is 12.4. The van der Waals surface area contributed by atoms with Crippen LogP contribution >= 0.6 is 23.7 Å². The lowest BCUT2D eigenvalue weighted by molar-refractivity contribution is 0.0784. The van der Waals surface area contributed by atoms with E-state index in [1.165, 1.54) is 16.9 Å². The van der Waals surface area contributed by atoms with Crippen LogP contribution in [0.1, 0.15) is 33.0 Å². The van der Waals surface area contributed by atoms with Crippen LogP contribution < -0.4 is 5.73 Å². The second kappa shape index (κ2) is 5.43. The molecule has 106 valence electrons. The average molecular weight is 301 g/mol. The molecule has 1 saturated heterocycles. The molecule has 1 saturated carbocycles. The molecule has 0 spiro atoms. The standard InChI is InChI=1S/C14H20N2OS.ClH/c1-8-5-13(18-9(8)2)14(17)16-6-10-3-4-12(15)11(10)7-16;/h5,10-12H,3-4,6-7,15H2,1-2H3;1H. The lowest BCUT2D eigenvalue weighted by atomic mass is 9.98. The summed E-state index contributed by atoms with van der Waals surface area (Å²) in [5.41, 5.74) is 7.34. The lowest BCUT2D eigenvalue weighted by Gasteiger charge is -2.17. The SMILES string of the molecule is Cc1cc(C(=O)N2CC3CCC(N)C3C2)sc1C.Cl. The van der Waals surface area contributed by atoms with E-state index in [1.54, 1.807) is 11.3 Å². The van der Waals surface area contributed by atoms with E-state index in [-0.39, 0.29) is 18.3 Å². The summed E-state index contributed by atoms with van der Waals surface area (Å²) in [5, 5.41) is 0. The van der Waals surface area contributed by atoms with Crippen molar-refractivity contribution in [3.8, 4) is 0 Å². The fourth-order valence-corrected chi connectivity index (χ4v) is 4.31. The van der Waals surface area contributed by atoms with E-state index in [2.05, 4.69) is 13.8 Å². The summed E-state index contributed by atoms with van der Waals surface area (Å²) in [5.74, 6) is 1.39. The van der Waals surface area contributed by atoms with E-state index in [1.807, 2.05) is 11.0 Å². The van der Waals surface area contributed by atoms with Gasteiger partial charge in [0.1, 0.15) is 0 Å². The average Bonchev–Trinajstić information content (AvgIpc) is 2.98. The summed E-state index contributed by atoms with van der Waals surface area (Å²) in [6, 6.07) is 2.33. The topological polar surface area (TPSA) is 46.3 Å². The van der Waals surface area contributed by atoms with E-state index in [0.29, 0.717) is 17.9 Å². The third-order valence-corrected chi connectivity index (χ3v) is 5.72. The number of carbonyl (C=O) groups is 1. The van der Waals surface area contributed by atoms with Gasteiger partial charge in [-0.1, -0.05) is 0 Å². The van der Waals surface area contributed by atoms with Crippen molar-refractivity contribution in [2.45, 2.75) is 32.7 Å². The molecule has 0 aromatic carbocycles. The summed E-state index contributed by atoms with van der Waals surface area (Å²) in [6.45, 7) is 5.91. The molecule has 1 aliphatic carbocycles. The van der Waals surface area contributed by atoms with Gasteiger partial charge in [0.15, 0.2) is 0 Å². The smallest absolute Gasteiger partial charge is 0.263 e. The Kier molecular flexibility index (Phi) is 4.23. The maximum Gasteiger partial charge on any atom is 0.263 e. The number of thiophene rings is 1. The summed E-state index contributed by atoms with van der Waals surface area (Å²) in [4.78, 5) is 16.6. The molecular formula is C14H21ClN2OS. The van der Waals surface area contributed by atoms with E-state index in [0.717, 1.165) is 24.4 Å². The van der Waals surface area contributed by atoms with Crippen LogP contribution in [0.2, 0.25) is 0 Å². The number of halogens is 1. The normalized spacial score (nSPS) is 29.2. The van der Waals surface area contributed by atoms with Crippen molar-refractivity contribution in [3.63, 3.8) is 0 Å². The van der Waals surface area contributed by atoms with Crippen LogP contribution in [-0.4, -0.2) is 29.9 Å². The predicted octanol–water partition coefficient (Wildman–Crippen LogP) is 2.60. The highest BCUT2D eigenvalue weighted by atomic mass is 35.5. The van der Waals surface area contributed by atoms with Crippen LogP contribution in [0, 0.1) is 25.7 Å². The highest BCUT2D eigenvalue weighted by Crippen LogP contribution is 2.38. The zero-order valence-electron chi connectivity index (χ0n) is 11.4. The lowest BCUT2D eigenvalue weighted by Crippen LogP contribution is -2.33. The van der Waals surface area contributed by atoms with Crippen LogP contribution in [0.25, 0.3) is 0 Å². The highest BCUT2D eigenvalue weighted by Gasteiger charge is 2.42. The summed E-state index contributed by atoms with van der Waals surface area (Å²) < 4.78 is 0. The minimum atomic E-state index is 0. The fraction of sp³-hybridized carbons (Fsp3) is 0.643. The Labute approximate surface area is 124 Å². The molecule has 5 heteroatoms. The molecule has 2 heterocycles. The Morgan fingerprint density at radius 2 is 2.11 bits per heavy atom. The second-order valence-corrected chi connectivity index (χ2v) is 6.98. The Balaban J connectivity index is 0.00000133. The third kappa shape index (κ3) is 2.54. The second-order valence-electron chi connectivity index (χ2n) is 5.73. The van der Waals surface area contributed by atoms with Gasteiger partial charge in [0.05, 0.1) is 4.88 Å². The van der Waals surface area contributed by atoms with E-state index < -0.39 is 0 Å². The number of hydrogen-bond donors (Lipinski definition) is 1. The van der Waals surface area contributed by atoms with Gasteiger partial charge in [-0.05, 0) is 50.2 Å². The number of amides is 1. The van der Waals surface area contributed by atoms with Gasteiger partial charge in [-0.2, -0.15) is 0 Å². The zero-order chi connectivity index (χ0) is 12.9. The molecule has 2 aliphatic rings. The van der Waals surface area contributed by atoms with E-state index in [9.17, 15) is 4.79 Å². The van der Waals surface area contributed by atoms with Crippen molar-refractivity contribution >= 4 is 29.7 Å². The number of nitrogens with zero attached hydrogens (tertiary/aromatic N) is 1. The molecule has 3 rings (SSSR count). The number of aryl methyl sites for hydroxylation is 2. The molecule has 3 atom stereocenters. The predicted molar refractivity (Wildman–Crippen MR) is 81.1 cm³/mol. The minimum absolute atomic E-state index is 0. The zero-order valence-corrected chi connectivity index (χ0v) is 13.0. The molecule has 2 N–H and O–H groups in total. The monoisotopic (exact) mass is 300 g/mol. The van der Waals surface area contributed by atoms with Crippen molar-refractivity contribution in [3.05, 3.63) is 21.4 Å². The molecule has 0 radical (unpaired) electrons. The Morgan fingerprint density at radius 1 is 1.37 bits per heavy atom. The van der Waals surface area contributed by atoms with Crippen LogP contribution in [0.5, 0.6) is 0 Å². The van der Waals surface area contributed by atoms with Crippen molar-refractivity contribution < 1.29 is 4.79 Å². The molecule has 0 bridgehead atoms. The number of rotatable bonds is 1. The van der Waals surface area contributed by atoms with Crippen LogP contribution in [0.3, 0.4) is 0 Å². The van der Waals surface area contributed by atoms with Crippen LogP contribution in [-0.2, 0) is 0 Å². The van der Waals surface area contributed by atoms with Gasteiger partial charge in [0, 0.05) is 24.0 Å². The van der Waals surface area contributed by atoms with Gasteiger partial charge < -0.3 is 10.6 Å². The third-order valence-electron chi connectivity index (χ3n) is 4.58. The van der Waals surface area contributed by atoms with Crippen molar-refractivity contribution in [2.24, 2.45) is 17.6 Å². The number of fused-ring (bicyclic) bond motifs is 1. The van der Waals surface area contributed by atoms with E-state index >= 15 is 0 Å². The van der Waals surface area contributed by atoms with Gasteiger partial charge in [-0.25, -0.2) is 0 Å². The Hall–Kier alpha value is -0.580. The maximum absolute atomic E-state index is 12.4. The van der Waals surface area contributed by atoms with Gasteiger partial charge in [0.25, 0.3) is 5.91 Å². The van der Waals surface area contributed by atoms with Crippen molar-refractivity contribution in [2.75, 3.05) is 13.1 Å². The number of likely N-dealkylation sites (tertiary alicyclic amines) is 1. The molecular weight excluding hydrogens is 280 g/mol.